The summed E-state index contributed by atoms with van der Waals surface area (Å²) in [5.41, 5.74) is -0.978. The third-order valence-corrected chi connectivity index (χ3v) is 3.70. The lowest BCUT2D eigenvalue weighted by Gasteiger charge is -2.34. The van der Waals surface area contributed by atoms with Gasteiger partial charge in [0.25, 0.3) is 0 Å². The summed E-state index contributed by atoms with van der Waals surface area (Å²) in [6, 6.07) is 6.83. The SMILES string of the molecule is CCCC(O)(c1ccc(OCC(C)C)cc1)C(C)C(F)F. The molecule has 2 nitrogen and oxygen atoms in total. The van der Waals surface area contributed by atoms with Gasteiger partial charge >= 0.3 is 0 Å². The second kappa shape index (κ2) is 7.74. The van der Waals surface area contributed by atoms with E-state index < -0.39 is 17.9 Å². The van der Waals surface area contributed by atoms with E-state index in [2.05, 4.69) is 13.8 Å². The van der Waals surface area contributed by atoms with Crippen LogP contribution in [0.25, 0.3) is 0 Å². The van der Waals surface area contributed by atoms with E-state index in [4.69, 9.17) is 4.74 Å². The quantitative estimate of drug-likeness (QED) is 0.759. The van der Waals surface area contributed by atoms with Crippen LogP contribution in [-0.4, -0.2) is 18.1 Å². The predicted molar refractivity (Wildman–Crippen MR) is 80.7 cm³/mol. The number of ether oxygens (including phenoxy) is 1. The van der Waals surface area contributed by atoms with Crippen molar-refractivity contribution in [1.29, 1.82) is 0 Å². The molecule has 2 atom stereocenters. The van der Waals surface area contributed by atoms with Crippen LogP contribution in [0.2, 0.25) is 0 Å². The Labute approximate surface area is 126 Å². The van der Waals surface area contributed by atoms with Crippen LogP contribution in [0, 0.1) is 11.8 Å². The molecule has 1 rings (SSSR count). The van der Waals surface area contributed by atoms with Crippen molar-refractivity contribution in [2.24, 2.45) is 11.8 Å². The second-order valence-electron chi connectivity index (χ2n) is 6.03. The minimum atomic E-state index is -2.56. The second-order valence-corrected chi connectivity index (χ2v) is 6.03. The van der Waals surface area contributed by atoms with Gasteiger partial charge in [-0.3, -0.25) is 0 Å². The van der Waals surface area contributed by atoms with Crippen molar-refractivity contribution in [2.45, 2.75) is 52.6 Å². The van der Waals surface area contributed by atoms with Gasteiger partial charge in [-0.15, -0.1) is 0 Å². The normalized spacial score (nSPS) is 16.0. The minimum absolute atomic E-state index is 0.310. The molecule has 1 N–H and O–H groups in total. The number of hydrogen-bond acceptors (Lipinski definition) is 2. The minimum Gasteiger partial charge on any atom is -0.493 e. The summed E-state index contributed by atoms with van der Waals surface area (Å²) in [5.74, 6) is -0.00330. The lowest BCUT2D eigenvalue weighted by molar-refractivity contribution is -0.0879. The summed E-state index contributed by atoms with van der Waals surface area (Å²) in [5, 5.41) is 10.7. The smallest absolute Gasteiger partial charge is 0.244 e. The third kappa shape index (κ3) is 4.67. The summed E-state index contributed by atoms with van der Waals surface area (Å²) in [4.78, 5) is 0. The maximum Gasteiger partial charge on any atom is 0.244 e. The number of benzene rings is 1. The van der Waals surface area contributed by atoms with Gasteiger partial charge in [0.15, 0.2) is 0 Å². The van der Waals surface area contributed by atoms with Crippen molar-refractivity contribution in [3.05, 3.63) is 29.8 Å². The number of aliphatic hydroxyl groups is 1. The maximum atomic E-state index is 13.0. The Morgan fingerprint density at radius 3 is 2.14 bits per heavy atom. The molecule has 0 saturated heterocycles. The van der Waals surface area contributed by atoms with Crippen molar-refractivity contribution in [2.75, 3.05) is 6.61 Å². The molecule has 0 aliphatic rings. The van der Waals surface area contributed by atoms with Crippen LogP contribution in [-0.2, 0) is 5.60 Å². The zero-order valence-electron chi connectivity index (χ0n) is 13.3. The fourth-order valence-corrected chi connectivity index (χ4v) is 2.33. The van der Waals surface area contributed by atoms with E-state index in [1.165, 1.54) is 6.92 Å². The molecule has 0 spiro atoms. The van der Waals surface area contributed by atoms with E-state index in [0.29, 0.717) is 36.7 Å². The Hall–Kier alpha value is -1.16. The number of hydrogen-bond donors (Lipinski definition) is 1. The highest BCUT2D eigenvalue weighted by Crippen LogP contribution is 2.38. The maximum absolute atomic E-state index is 13.0. The van der Waals surface area contributed by atoms with Crippen LogP contribution >= 0.6 is 0 Å². The molecule has 0 radical (unpaired) electrons. The average Bonchev–Trinajstić information content (AvgIpc) is 2.44. The summed E-state index contributed by atoms with van der Waals surface area (Å²) in [6.07, 6.45) is -1.61. The molecule has 120 valence electrons. The Morgan fingerprint density at radius 1 is 1.14 bits per heavy atom. The molecular formula is C17H26F2O2. The highest BCUT2D eigenvalue weighted by molar-refractivity contribution is 5.31. The molecule has 0 heterocycles. The van der Waals surface area contributed by atoms with Gasteiger partial charge in [-0.1, -0.05) is 46.2 Å². The van der Waals surface area contributed by atoms with E-state index in [1.54, 1.807) is 24.3 Å². The predicted octanol–water partition coefficient (Wildman–Crippen LogP) is 4.61. The third-order valence-electron chi connectivity index (χ3n) is 3.70. The van der Waals surface area contributed by atoms with Crippen molar-refractivity contribution in [1.82, 2.24) is 0 Å². The largest absolute Gasteiger partial charge is 0.493 e. The first kappa shape index (κ1) is 17.9. The molecule has 21 heavy (non-hydrogen) atoms. The van der Waals surface area contributed by atoms with E-state index >= 15 is 0 Å². The number of rotatable bonds is 8. The summed E-state index contributed by atoms with van der Waals surface area (Å²) in [6.45, 7) is 7.98. The van der Waals surface area contributed by atoms with Crippen molar-refractivity contribution < 1.29 is 18.6 Å². The Bertz CT molecular complexity index is 417. The van der Waals surface area contributed by atoms with Gasteiger partial charge in [0, 0.05) is 0 Å². The van der Waals surface area contributed by atoms with Crippen LogP contribution in [0.4, 0.5) is 8.78 Å². The van der Waals surface area contributed by atoms with Gasteiger partial charge in [0.05, 0.1) is 18.1 Å². The van der Waals surface area contributed by atoms with Crippen LogP contribution in [0.3, 0.4) is 0 Å². The van der Waals surface area contributed by atoms with Gasteiger partial charge < -0.3 is 9.84 Å². The molecule has 4 heteroatoms. The van der Waals surface area contributed by atoms with Crippen LogP contribution in [0.15, 0.2) is 24.3 Å². The van der Waals surface area contributed by atoms with E-state index in [0.717, 1.165) is 0 Å². The molecule has 1 aromatic rings. The topological polar surface area (TPSA) is 29.5 Å². The van der Waals surface area contributed by atoms with Crippen molar-refractivity contribution in [3.8, 4) is 5.75 Å². The fourth-order valence-electron chi connectivity index (χ4n) is 2.33. The van der Waals surface area contributed by atoms with Gasteiger partial charge in [-0.2, -0.15) is 0 Å². The molecule has 0 aliphatic carbocycles. The van der Waals surface area contributed by atoms with Gasteiger partial charge in [-0.25, -0.2) is 8.78 Å². The molecule has 0 aliphatic heterocycles. The standard InChI is InChI=1S/C17H26F2O2/c1-5-10-17(20,13(4)16(18)19)14-6-8-15(9-7-14)21-11-12(2)3/h6-9,12-13,16,20H,5,10-11H2,1-4H3. The van der Waals surface area contributed by atoms with Crippen LogP contribution < -0.4 is 4.74 Å². The number of alkyl halides is 2. The zero-order valence-corrected chi connectivity index (χ0v) is 13.3. The Morgan fingerprint density at radius 2 is 1.71 bits per heavy atom. The molecule has 0 bridgehead atoms. The lowest BCUT2D eigenvalue weighted by Crippen LogP contribution is -2.37. The van der Waals surface area contributed by atoms with Gasteiger partial charge in [0.2, 0.25) is 6.43 Å². The fraction of sp³-hybridized carbons (Fsp3) is 0.647. The van der Waals surface area contributed by atoms with Crippen molar-refractivity contribution in [3.63, 3.8) is 0 Å². The lowest BCUT2D eigenvalue weighted by atomic mass is 9.79. The van der Waals surface area contributed by atoms with E-state index in [1.807, 2.05) is 6.92 Å². The summed E-state index contributed by atoms with van der Waals surface area (Å²) in [7, 11) is 0. The van der Waals surface area contributed by atoms with Crippen LogP contribution in [0.5, 0.6) is 5.75 Å². The first-order valence-corrected chi connectivity index (χ1v) is 7.55. The Balaban J connectivity index is 2.94. The molecular weight excluding hydrogens is 274 g/mol. The number of halogens is 2. The van der Waals surface area contributed by atoms with E-state index in [-0.39, 0.29) is 0 Å². The van der Waals surface area contributed by atoms with E-state index in [9.17, 15) is 13.9 Å². The molecule has 0 aromatic heterocycles. The first-order valence-electron chi connectivity index (χ1n) is 7.55. The average molecular weight is 300 g/mol. The molecule has 0 fully saturated rings. The monoisotopic (exact) mass is 300 g/mol. The zero-order chi connectivity index (χ0) is 16.0. The highest BCUT2D eigenvalue weighted by Gasteiger charge is 2.39. The summed E-state index contributed by atoms with van der Waals surface area (Å²) < 4.78 is 31.6. The summed E-state index contributed by atoms with van der Waals surface area (Å²) >= 11 is 0. The van der Waals surface area contributed by atoms with Crippen LogP contribution in [0.1, 0.15) is 46.1 Å². The highest BCUT2D eigenvalue weighted by atomic mass is 19.3. The molecule has 1 aromatic carbocycles. The molecule has 2 unspecified atom stereocenters. The van der Waals surface area contributed by atoms with Crippen molar-refractivity contribution >= 4 is 0 Å². The van der Waals surface area contributed by atoms with Gasteiger partial charge in [0.1, 0.15) is 5.75 Å². The Kier molecular flexibility index (Phi) is 6.59. The molecule has 0 saturated carbocycles. The first-order chi connectivity index (χ1) is 9.81. The van der Waals surface area contributed by atoms with Gasteiger partial charge in [-0.05, 0) is 30.0 Å². The molecule has 0 amide bonds.